The van der Waals surface area contributed by atoms with Gasteiger partial charge in [0, 0.05) is 37.8 Å². The number of piperazine rings is 1. The van der Waals surface area contributed by atoms with Gasteiger partial charge in [-0.05, 0) is 38.3 Å². The highest BCUT2D eigenvalue weighted by Gasteiger charge is 2.33. The molecule has 1 aromatic carbocycles. The molecule has 1 N–H and O–H groups in total. The van der Waals surface area contributed by atoms with Crippen molar-refractivity contribution >= 4 is 22.6 Å². The summed E-state index contributed by atoms with van der Waals surface area (Å²) in [6, 6.07) is 9.41. The second-order valence-corrected chi connectivity index (χ2v) is 8.90. The number of carbonyl (C=O) groups is 1. The maximum Gasteiger partial charge on any atom is 0.278 e. The fraction of sp³-hybridized carbons (Fsp3) is 0.440. The van der Waals surface area contributed by atoms with Crippen LogP contribution in [0.1, 0.15) is 47.1 Å². The molecule has 0 amide bonds. The normalized spacial score (nSPS) is 16.3. The lowest BCUT2D eigenvalue weighted by molar-refractivity contribution is 0.0969. The van der Waals surface area contributed by atoms with Crippen LogP contribution < -0.4 is 20.5 Å². The van der Waals surface area contributed by atoms with Gasteiger partial charge in [0.25, 0.3) is 5.56 Å². The molecule has 1 aliphatic heterocycles. The predicted molar refractivity (Wildman–Crippen MR) is 129 cm³/mol. The number of aryl methyl sites for hydroxylation is 1. The van der Waals surface area contributed by atoms with Crippen molar-refractivity contribution in [2.24, 2.45) is 0 Å². The van der Waals surface area contributed by atoms with Gasteiger partial charge in [-0.2, -0.15) is 5.26 Å². The number of ether oxygens (including phenoxy) is 1. The van der Waals surface area contributed by atoms with Crippen molar-refractivity contribution in [3.8, 4) is 11.8 Å². The van der Waals surface area contributed by atoms with Crippen LogP contribution in [0.3, 0.4) is 0 Å². The zero-order valence-electron chi connectivity index (χ0n) is 19.5. The predicted octanol–water partition coefficient (Wildman–Crippen LogP) is 2.40. The Bertz CT molecular complexity index is 1360. The summed E-state index contributed by atoms with van der Waals surface area (Å²) in [6.07, 6.45) is 3.02. The minimum Gasteiger partial charge on any atom is -0.497 e. The number of aromatic nitrogens is 3. The Morgan fingerprint density at radius 3 is 2.71 bits per heavy atom. The highest BCUT2D eigenvalue weighted by atomic mass is 16.5. The summed E-state index contributed by atoms with van der Waals surface area (Å²) < 4.78 is 8.71. The van der Waals surface area contributed by atoms with E-state index in [4.69, 9.17) is 9.72 Å². The molecule has 34 heavy (non-hydrogen) atoms. The Hall–Kier alpha value is -3.64. The molecule has 9 nitrogen and oxygen atoms in total. The van der Waals surface area contributed by atoms with Crippen LogP contribution in [0, 0.1) is 18.3 Å². The minimum absolute atomic E-state index is 0.124. The third-order valence-corrected chi connectivity index (χ3v) is 6.93. The summed E-state index contributed by atoms with van der Waals surface area (Å²) in [5.74, 6) is 1.60. The summed E-state index contributed by atoms with van der Waals surface area (Å²) in [6.45, 7) is 4.76. The lowest BCUT2D eigenvalue weighted by Crippen LogP contribution is -2.45. The SMILES string of the molecule is COc1cccc(C(=O)Cn2c(C)nc3c(C#N)c(N4CCNCC4)n(C4CCC4)c3c2=O)c1. The largest absolute Gasteiger partial charge is 0.497 e. The number of fused-ring (bicyclic) bond motifs is 1. The second kappa shape index (κ2) is 8.95. The maximum absolute atomic E-state index is 13.9. The average molecular weight is 461 g/mol. The highest BCUT2D eigenvalue weighted by molar-refractivity contribution is 5.96. The Balaban J connectivity index is 1.66. The Labute approximate surface area is 197 Å². The van der Waals surface area contributed by atoms with Crippen molar-refractivity contribution in [2.45, 2.75) is 38.8 Å². The molecule has 5 rings (SSSR count). The number of nitrogens with one attached hydrogen (secondary N) is 1. The zero-order chi connectivity index (χ0) is 23.8. The fourth-order valence-electron chi connectivity index (χ4n) is 4.88. The van der Waals surface area contributed by atoms with Crippen LogP contribution in [-0.4, -0.2) is 53.2 Å². The zero-order valence-corrected chi connectivity index (χ0v) is 19.5. The molecule has 1 aliphatic carbocycles. The van der Waals surface area contributed by atoms with Crippen molar-refractivity contribution < 1.29 is 9.53 Å². The Morgan fingerprint density at radius 1 is 1.29 bits per heavy atom. The van der Waals surface area contributed by atoms with Gasteiger partial charge in [0.15, 0.2) is 5.78 Å². The van der Waals surface area contributed by atoms with E-state index in [1.165, 1.54) is 4.57 Å². The highest BCUT2D eigenvalue weighted by Crippen LogP contribution is 2.41. The number of Topliss-reactive ketones (excluding diaryl/α,β-unsaturated/α-hetero) is 1. The number of rotatable bonds is 6. The van der Waals surface area contributed by atoms with E-state index in [1.54, 1.807) is 38.3 Å². The first-order valence-electron chi connectivity index (χ1n) is 11.7. The summed E-state index contributed by atoms with van der Waals surface area (Å²) in [5, 5.41) is 13.5. The van der Waals surface area contributed by atoms with E-state index in [1.807, 2.05) is 4.57 Å². The van der Waals surface area contributed by atoms with Crippen molar-refractivity contribution in [1.29, 1.82) is 5.26 Å². The smallest absolute Gasteiger partial charge is 0.278 e. The first kappa shape index (κ1) is 22.2. The van der Waals surface area contributed by atoms with Gasteiger partial charge in [-0.1, -0.05) is 12.1 Å². The number of hydrogen-bond donors (Lipinski definition) is 1. The molecule has 9 heteroatoms. The van der Waals surface area contributed by atoms with Crippen LogP contribution in [0.4, 0.5) is 5.82 Å². The molecule has 3 heterocycles. The molecule has 2 aromatic heterocycles. The fourth-order valence-corrected chi connectivity index (χ4v) is 4.88. The molecule has 3 aromatic rings. The summed E-state index contributed by atoms with van der Waals surface area (Å²) in [7, 11) is 1.55. The molecule has 0 bridgehead atoms. The van der Waals surface area contributed by atoms with Crippen LogP contribution >= 0.6 is 0 Å². The number of ketones is 1. The summed E-state index contributed by atoms with van der Waals surface area (Å²) >= 11 is 0. The number of methoxy groups -OCH3 is 1. The molecule has 176 valence electrons. The van der Waals surface area contributed by atoms with Crippen molar-refractivity contribution in [2.75, 3.05) is 38.2 Å². The van der Waals surface area contributed by atoms with Crippen LogP contribution in [0.25, 0.3) is 11.0 Å². The number of anilines is 1. The minimum atomic E-state index is -0.275. The molecular formula is C25H28N6O3. The number of benzene rings is 1. The van der Waals surface area contributed by atoms with Gasteiger partial charge in [0.1, 0.15) is 40.1 Å². The van der Waals surface area contributed by atoms with E-state index < -0.39 is 0 Å². The van der Waals surface area contributed by atoms with E-state index >= 15 is 0 Å². The first-order chi connectivity index (χ1) is 16.5. The third kappa shape index (κ3) is 3.64. The lowest BCUT2D eigenvalue weighted by Gasteiger charge is -2.35. The molecule has 1 saturated heterocycles. The number of carbonyl (C=O) groups excluding carboxylic acids is 1. The Morgan fingerprint density at radius 2 is 2.06 bits per heavy atom. The molecule has 0 radical (unpaired) electrons. The topological polar surface area (TPSA) is 105 Å². The number of hydrogen-bond acceptors (Lipinski definition) is 7. The van der Waals surface area contributed by atoms with Gasteiger partial charge in [0.2, 0.25) is 0 Å². The van der Waals surface area contributed by atoms with Gasteiger partial charge in [-0.15, -0.1) is 0 Å². The lowest BCUT2D eigenvalue weighted by atomic mass is 9.92. The summed E-state index contributed by atoms with van der Waals surface area (Å²) in [4.78, 5) is 33.8. The van der Waals surface area contributed by atoms with E-state index in [2.05, 4.69) is 16.3 Å². The quantitative estimate of drug-likeness (QED) is 0.563. The van der Waals surface area contributed by atoms with Crippen LogP contribution in [0.5, 0.6) is 5.75 Å². The van der Waals surface area contributed by atoms with E-state index in [0.717, 1.165) is 51.3 Å². The van der Waals surface area contributed by atoms with E-state index in [-0.39, 0.29) is 23.9 Å². The van der Waals surface area contributed by atoms with Crippen molar-refractivity contribution in [3.63, 3.8) is 0 Å². The van der Waals surface area contributed by atoms with Crippen LogP contribution in [0.15, 0.2) is 29.1 Å². The van der Waals surface area contributed by atoms with E-state index in [9.17, 15) is 14.9 Å². The number of nitrogens with zero attached hydrogens (tertiary/aromatic N) is 5. The molecule has 2 aliphatic rings. The standard InChI is InChI=1S/C25H28N6O3/c1-16-28-22-20(14-26)24(29-11-9-27-10-12-29)31(18-6-4-7-18)23(22)25(33)30(16)15-21(32)17-5-3-8-19(13-17)34-2/h3,5,8,13,18,27H,4,6-7,9-12,15H2,1-2H3. The van der Waals surface area contributed by atoms with Crippen LogP contribution in [0.2, 0.25) is 0 Å². The second-order valence-electron chi connectivity index (χ2n) is 8.90. The van der Waals surface area contributed by atoms with Crippen LogP contribution in [-0.2, 0) is 6.54 Å². The van der Waals surface area contributed by atoms with Gasteiger partial charge < -0.3 is 19.5 Å². The molecule has 2 fully saturated rings. The van der Waals surface area contributed by atoms with Gasteiger partial charge >= 0.3 is 0 Å². The molecular weight excluding hydrogens is 432 g/mol. The van der Waals surface area contributed by atoms with Gasteiger partial charge in [-0.3, -0.25) is 14.2 Å². The third-order valence-electron chi connectivity index (χ3n) is 6.93. The first-order valence-corrected chi connectivity index (χ1v) is 11.7. The monoisotopic (exact) mass is 460 g/mol. The average Bonchev–Trinajstić information content (AvgIpc) is 3.14. The number of nitriles is 1. The maximum atomic E-state index is 13.9. The summed E-state index contributed by atoms with van der Waals surface area (Å²) in [5.41, 5.74) is 1.52. The molecule has 1 saturated carbocycles. The molecule has 0 spiro atoms. The molecule has 0 unspecified atom stereocenters. The van der Waals surface area contributed by atoms with Crippen molar-refractivity contribution in [1.82, 2.24) is 19.4 Å². The van der Waals surface area contributed by atoms with Gasteiger partial charge in [-0.25, -0.2) is 4.98 Å². The Kier molecular flexibility index (Phi) is 5.84. The van der Waals surface area contributed by atoms with Crippen molar-refractivity contribution in [3.05, 3.63) is 51.6 Å². The van der Waals surface area contributed by atoms with Gasteiger partial charge in [0.05, 0.1) is 13.7 Å². The molecule has 0 atom stereocenters. The van der Waals surface area contributed by atoms with E-state index in [0.29, 0.717) is 33.7 Å².